The van der Waals surface area contributed by atoms with Gasteiger partial charge in [0.05, 0.1) is 0 Å². The molecule has 0 fully saturated rings. The van der Waals surface area contributed by atoms with E-state index in [4.69, 9.17) is 0 Å². The minimum Gasteiger partial charge on any atom is -0.310 e. The SMILES string of the molecule is Cc1cccc(N(c2ccc(-c3ccc(N(c4cccc(C)c4)[13c]4ccccc4)cc3)cc2)[13c]2ccccc2)c1. The molecule has 0 unspecified atom stereocenters. The summed E-state index contributed by atoms with van der Waals surface area (Å²) in [5.41, 5.74) is 11.7. The van der Waals surface area contributed by atoms with Gasteiger partial charge in [-0.05, 0) is 109 Å². The molecule has 0 saturated carbocycles. The molecule has 0 aliphatic rings. The molecule has 6 aromatic rings. The summed E-state index contributed by atoms with van der Waals surface area (Å²) in [5, 5.41) is 0. The van der Waals surface area contributed by atoms with E-state index >= 15 is 0 Å². The van der Waals surface area contributed by atoms with E-state index in [1.807, 2.05) is 0 Å². The summed E-state index contributed by atoms with van der Waals surface area (Å²) in [5.74, 6) is 0. The minimum absolute atomic E-state index is 1.13. The molecule has 0 N–H and O–H groups in total. The zero-order valence-electron chi connectivity index (χ0n) is 22.9. The van der Waals surface area contributed by atoms with Crippen molar-refractivity contribution in [3.8, 4) is 11.1 Å². The van der Waals surface area contributed by atoms with Gasteiger partial charge in [0, 0.05) is 34.1 Å². The van der Waals surface area contributed by atoms with Crippen LogP contribution in [-0.2, 0) is 0 Å². The van der Waals surface area contributed by atoms with Crippen molar-refractivity contribution < 1.29 is 0 Å². The van der Waals surface area contributed by atoms with Crippen molar-refractivity contribution in [2.75, 3.05) is 9.80 Å². The molecule has 0 radical (unpaired) electrons. The summed E-state index contributed by atoms with van der Waals surface area (Å²) >= 11 is 0. The lowest BCUT2D eigenvalue weighted by Gasteiger charge is -2.26. The smallest absolute Gasteiger partial charge is 0.0464 e. The van der Waals surface area contributed by atoms with Crippen LogP contribution in [0.2, 0.25) is 0 Å². The van der Waals surface area contributed by atoms with Crippen LogP contribution < -0.4 is 9.80 Å². The third-order valence-corrected chi connectivity index (χ3v) is 7.13. The predicted octanol–water partition coefficient (Wildman–Crippen LogP) is 10.9. The molecule has 0 atom stereocenters. The van der Waals surface area contributed by atoms with Crippen molar-refractivity contribution >= 4 is 34.1 Å². The molecule has 40 heavy (non-hydrogen) atoms. The third-order valence-electron chi connectivity index (χ3n) is 7.13. The van der Waals surface area contributed by atoms with Crippen LogP contribution in [0.5, 0.6) is 0 Å². The maximum atomic E-state index is 2.31. The van der Waals surface area contributed by atoms with Gasteiger partial charge in [0.15, 0.2) is 0 Å². The van der Waals surface area contributed by atoms with Gasteiger partial charge in [-0.2, -0.15) is 0 Å². The van der Waals surface area contributed by atoms with Crippen LogP contribution in [0.3, 0.4) is 0 Å². The largest absolute Gasteiger partial charge is 0.310 e. The number of benzene rings is 6. The van der Waals surface area contributed by atoms with Crippen LogP contribution in [0.4, 0.5) is 34.1 Å². The Morgan fingerprint density at radius 2 is 0.625 bits per heavy atom. The van der Waals surface area contributed by atoms with E-state index in [0.717, 1.165) is 34.1 Å². The normalized spacial score (nSPS) is 10.8. The first-order valence-electron chi connectivity index (χ1n) is 13.7. The number of aryl methyl sites for hydroxylation is 2. The topological polar surface area (TPSA) is 6.48 Å². The van der Waals surface area contributed by atoms with Crippen LogP contribution in [0, 0.1) is 13.8 Å². The average Bonchev–Trinajstić information content (AvgIpc) is 3.00. The van der Waals surface area contributed by atoms with Gasteiger partial charge in [0.1, 0.15) is 0 Å². The Balaban J connectivity index is 1.32. The van der Waals surface area contributed by atoms with Gasteiger partial charge in [0.25, 0.3) is 0 Å². The van der Waals surface area contributed by atoms with E-state index in [0.29, 0.717) is 0 Å². The first-order valence-corrected chi connectivity index (χ1v) is 13.7. The average molecular weight is 519 g/mol. The first kappa shape index (κ1) is 25.2. The molecular weight excluding hydrogens is 486 g/mol. The summed E-state index contributed by atoms with van der Waals surface area (Å²) < 4.78 is 0. The molecule has 2 heteroatoms. The molecule has 0 saturated heterocycles. The molecule has 0 amide bonds. The fourth-order valence-electron chi connectivity index (χ4n) is 5.19. The van der Waals surface area contributed by atoms with Crippen LogP contribution in [0.1, 0.15) is 11.1 Å². The van der Waals surface area contributed by atoms with Gasteiger partial charge in [-0.1, -0.05) is 84.9 Å². The van der Waals surface area contributed by atoms with E-state index in [-0.39, 0.29) is 0 Å². The van der Waals surface area contributed by atoms with E-state index in [1.54, 1.807) is 0 Å². The van der Waals surface area contributed by atoms with Crippen molar-refractivity contribution in [1.29, 1.82) is 0 Å². The quantitative estimate of drug-likeness (QED) is 0.207. The summed E-state index contributed by atoms with van der Waals surface area (Å²) in [6, 6.07) is 56.1. The Labute approximate surface area is 237 Å². The molecule has 6 aromatic carbocycles. The lowest BCUT2D eigenvalue weighted by molar-refractivity contribution is 1.27. The first-order chi connectivity index (χ1) is 19.7. The third kappa shape index (κ3) is 5.39. The Hall–Kier alpha value is -5.08. The van der Waals surface area contributed by atoms with Gasteiger partial charge in [-0.15, -0.1) is 0 Å². The molecule has 194 valence electrons. The van der Waals surface area contributed by atoms with Crippen molar-refractivity contribution in [3.63, 3.8) is 0 Å². The lowest BCUT2D eigenvalue weighted by Crippen LogP contribution is -2.10. The predicted molar refractivity (Wildman–Crippen MR) is 171 cm³/mol. The van der Waals surface area contributed by atoms with Crippen LogP contribution in [-0.4, -0.2) is 0 Å². The Kier molecular flexibility index (Phi) is 7.15. The van der Waals surface area contributed by atoms with Gasteiger partial charge >= 0.3 is 0 Å². The number of nitrogens with zero attached hydrogens (tertiary/aromatic N) is 2. The number of rotatable bonds is 7. The minimum atomic E-state index is 1.13. The number of para-hydroxylation sites is 2. The van der Waals surface area contributed by atoms with Crippen LogP contribution in [0.15, 0.2) is 158 Å². The van der Waals surface area contributed by atoms with E-state index in [2.05, 4.69) is 181 Å². The molecule has 6 rings (SSSR count). The Bertz CT molecular complexity index is 1560. The lowest BCUT2D eigenvalue weighted by atomic mass is 10.0. The Morgan fingerprint density at radius 3 is 0.975 bits per heavy atom. The standard InChI is InChI=1S/C38H32N2/c1-29-11-9-17-37(27-29)39(33-13-5-3-6-14-33)35-23-19-31(20-24-35)32-21-25-36(26-22-32)40(34-15-7-4-8-16-34)38-18-10-12-30(2)28-38/h3-28H,1-2H3/i33+1,34+1. The highest BCUT2D eigenvalue weighted by Gasteiger charge is 2.14. The van der Waals surface area contributed by atoms with E-state index < -0.39 is 0 Å². The fourth-order valence-corrected chi connectivity index (χ4v) is 5.19. The fraction of sp³-hybridized carbons (Fsp3) is 0.0526. The van der Waals surface area contributed by atoms with Crippen LogP contribution in [0.25, 0.3) is 11.1 Å². The van der Waals surface area contributed by atoms with Crippen molar-refractivity contribution in [2.24, 2.45) is 0 Å². The summed E-state index contributed by atoms with van der Waals surface area (Å²) in [6.07, 6.45) is 0. The summed E-state index contributed by atoms with van der Waals surface area (Å²) in [4.78, 5) is 4.61. The monoisotopic (exact) mass is 518 g/mol. The van der Waals surface area contributed by atoms with Crippen molar-refractivity contribution in [2.45, 2.75) is 13.8 Å². The maximum Gasteiger partial charge on any atom is 0.0464 e. The van der Waals surface area contributed by atoms with Crippen molar-refractivity contribution in [3.05, 3.63) is 169 Å². The van der Waals surface area contributed by atoms with Crippen LogP contribution >= 0.6 is 0 Å². The molecule has 0 heterocycles. The zero-order valence-corrected chi connectivity index (χ0v) is 22.9. The highest BCUT2D eigenvalue weighted by molar-refractivity contribution is 5.80. The number of anilines is 6. The second-order valence-electron chi connectivity index (χ2n) is 10.1. The summed E-state index contributed by atoms with van der Waals surface area (Å²) in [7, 11) is 0. The number of hydrogen-bond acceptors (Lipinski definition) is 2. The van der Waals surface area contributed by atoms with Crippen molar-refractivity contribution in [1.82, 2.24) is 0 Å². The second-order valence-corrected chi connectivity index (χ2v) is 10.1. The van der Waals surface area contributed by atoms with Gasteiger partial charge < -0.3 is 9.80 Å². The van der Waals surface area contributed by atoms with Gasteiger partial charge in [0.2, 0.25) is 0 Å². The highest BCUT2D eigenvalue weighted by atomic mass is 15.3. The zero-order chi connectivity index (χ0) is 27.3. The van der Waals surface area contributed by atoms with Gasteiger partial charge in [-0.3, -0.25) is 0 Å². The van der Waals surface area contributed by atoms with Gasteiger partial charge in [-0.25, -0.2) is 0 Å². The Morgan fingerprint density at radius 1 is 0.300 bits per heavy atom. The molecule has 0 aromatic heterocycles. The maximum absolute atomic E-state index is 2.31. The van der Waals surface area contributed by atoms with E-state index in [9.17, 15) is 0 Å². The highest BCUT2D eigenvalue weighted by Crippen LogP contribution is 2.38. The molecule has 0 aliphatic heterocycles. The molecular formula is C38H32N2. The molecule has 0 bridgehead atoms. The molecule has 0 aliphatic carbocycles. The molecule has 2 nitrogen and oxygen atoms in total. The summed E-state index contributed by atoms with van der Waals surface area (Å²) in [6.45, 7) is 4.27. The molecule has 0 spiro atoms. The number of hydrogen-bond donors (Lipinski definition) is 0. The van der Waals surface area contributed by atoms with E-state index in [1.165, 1.54) is 22.3 Å². The second kappa shape index (κ2) is 11.3.